The van der Waals surface area contributed by atoms with Crippen LogP contribution in [0.4, 0.5) is 9.18 Å². The number of hydrogen-bond donors (Lipinski definition) is 1. The average molecular weight is 376 g/mol. The van der Waals surface area contributed by atoms with Crippen LogP contribution < -0.4 is 5.32 Å². The molecule has 27 heavy (non-hydrogen) atoms. The second-order valence-corrected chi connectivity index (χ2v) is 6.62. The van der Waals surface area contributed by atoms with Crippen molar-refractivity contribution in [2.75, 3.05) is 6.54 Å². The maximum atomic E-state index is 12.0. The molecule has 2 rings (SSSR count). The topological polar surface area (TPSA) is 77.5 Å². The van der Waals surface area contributed by atoms with Crippen LogP contribution in [0.5, 0.6) is 0 Å². The summed E-state index contributed by atoms with van der Waals surface area (Å²) < 4.78 is 22.0. The van der Waals surface area contributed by atoms with Crippen LogP contribution in [-0.2, 0) is 20.9 Å². The smallest absolute Gasteiger partial charge is 0.408 e. The molecule has 1 N–H and O–H groups in total. The fourth-order valence-electron chi connectivity index (χ4n) is 1.70. The Balaban J connectivity index is 0.000000377. The van der Waals surface area contributed by atoms with E-state index in [1.165, 1.54) is 12.3 Å². The van der Waals surface area contributed by atoms with Gasteiger partial charge >= 0.3 is 12.1 Å². The minimum Gasteiger partial charge on any atom is -0.460 e. The molecule has 0 aliphatic rings. The highest BCUT2D eigenvalue weighted by Crippen LogP contribution is 2.06. The minimum absolute atomic E-state index is 0.190. The number of halogens is 1. The summed E-state index contributed by atoms with van der Waals surface area (Å²) in [4.78, 5) is 26.4. The van der Waals surface area contributed by atoms with Crippen LogP contribution >= 0.6 is 0 Å². The molecule has 6 nitrogen and oxygen atoms in total. The van der Waals surface area contributed by atoms with E-state index in [1.807, 2.05) is 37.3 Å². The average Bonchev–Trinajstić information content (AvgIpc) is 2.61. The summed E-state index contributed by atoms with van der Waals surface area (Å²) in [5.41, 5.74) is 1.15. The van der Waals surface area contributed by atoms with Gasteiger partial charge in [0.2, 0.25) is 0 Å². The quantitative estimate of drug-likeness (QED) is 0.822. The molecule has 0 spiro atoms. The standard InChI is InChI=1S/C14H19NO4.C6H6FN/c1-14(2,3)19-13(17)15-9-12(16)18-10-11-7-5-4-6-8-11;1-5-2-3-6(7)4-8-5/h4-8H,9-10H2,1-3H3,(H,15,17);2-4H,1H3. The van der Waals surface area contributed by atoms with Crippen LogP contribution in [0.2, 0.25) is 0 Å². The number of carbonyl (C=O) groups is 2. The Morgan fingerprint density at radius 2 is 1.78 bits per heavy atom. The third-order valence-corrected chi connectivity index (χ3v) is 2.89. The van der Waals surface area contributed by atoms with Gasteiger partial charge in [-0.25, -0.2) is 9.18 Å². The van der Waals surface area contributed by atoms with Crippen molar-refractivity contribution < 1.29 is 23.5 Å². The van der Waals surface area contributed by atoms with Crippen LogP contribution in [-0.4, -0.2) is 29.2 Å². The van der Waals surface area contributed by atoms with E-state index in [0.29, 0.717) is 0 Å². The first-order chi connectivity index (χ1) is 12.7. The van der Waals surface area contributed by atoms with Crippen molar-refractivity contribution in [1.29, 1.82) is 0 Å². The molecular weight excluding hydrogens is 351 g/mol. The zero-order chi connectivity index (χ0) is 20.3. The van der Waals surface area contributed by atoms with E-state index >= 15 is 0 Å². The van der Waals surface area contributed by atoms with Gasteiger partial charge in [0.25, 0.3) is 0 Å². The van der Waals surface area contributed by atoms with E-state index in [9.17, 15) is 14.0 Å². The molecule has 0 unspecified atom stereocenters. The molecule has 1 aromatic heterocycles. The lowest BCUT2D eigenvalue weighted by Crippen LogP contribution is -2.36. The van der Waals surface area contributed by atoms with Crippen molar-refractivity contribution in [3.05, 3.63) is 65.7 Å². The SMILES string of the molecule is CC(C)(C)OC(=O)NCC(=O)OCc1ccccc1.Cc1ccc(F)cn1. The number of carbonyl (C=O) groups excluding carboxylic acids is 2. The van der Waals surface area contributed by atoms with E-state index in [-0.39, 0.29) is 19.0 Å². The number of pyridine rings is 1. The number of esters is 1. The Kier molecular flexibility index (Phi) is 8.92. The van der Waals surface area contributed by atoms with Gasteiger partial charge in [-0.2, -0.15) is 0 Å². The van der Waals surface area contributed by atoms with Crippen molar-refractivity contribution in [3.63, 3.8) is 0 Å². The fraction of sp³-hybridized carbons (Fsp3) is 0.350. The number of amides is 1. The van der Waals surface area contributed by atoms with E-state index in [0.717, 1.165) is 11.3 Å². The number of ether oxygens (including phenoxy) is 2. The Hall–Kier alpha value is -2.96. The van der Waals surface area contributed by atoms with Gasteiger partial charge in [0, 0.05) is 5.69 Å². The highest BCUT2D eigenvalue weighted by Gasteiger charge is 2.16. The monoisotopic (exact) mass is 376 g/mol. The predicted molar refractivity (Wildman–Crippen MR) is 99.4 cm³/mol. The van der Waals surface area contributed by atoms with Gasteiger partial charge in [0.15, 0.2) is 0 Å². The van der Waals surface area contributed by atoms with E-state index in [1.54, 1.807) is 26.8 Å². The van der Waals surface area contributed by atoms with Crippen LogP contribution in [0.15, 0.2) is 48.7 Å². The van der Waals surface area contributed by atoms with Gasteiger partial charge in [0.1, 0.15) is 24.6 Å². The summed E-state index contributed by atoms with van der Waals surface area (Å²) in [6.45, 7) is 7.05. The lowest BCUT2D eigenvalue weighted by atomic mass is 10.2. The molecule has 0 radical (unpaired) electrons. The number of aromatic nitrogens is 1. The third kappa shape index (κ3) is 11.3. The molecule has 0 saturated carbocycles. The number of rotatable bonds is 4. The highest BCUT2D eigenvalue weighted by atomic mass is 19.1. The molecule has 1 amide bonds. The third-order valence-electron chi connectivity index (χ3n) is 2.89. The number of hydrogen-bond acceptors (Lipinski definition) is 5. The first-order valence-electron chi connectivity index (χ1n) is 8.40. The molecule has 0 atom stereocenters. The molecule has 146 valence electrons. The Morgan fingerprint density at radius 3 is 2.30 bits per heavy atom. The summed E-state index contributed by atoms with van der Waals surface area (Å²) in [6.07, 6.45) is 0.569. The zero-order valence-electron chi connectivity index (χ0n) is 16.0. The van der Waals surface area contributed by atoms with Crippen molar-refractivity contribution in [2.45, 2.75) is 39.9 Å². The van der Waals surface area contributed by atoms with Gasteiger partial charge in [-0.05, 0) is 45.4 Å². The molecule has 0 fully saturated rings. The highest BCUT2D eigenvalue weighted by molar-refractivity contribution is 5.78. The zero-order valence-corrected chi connectivity index (χ0v) is 16.0. The second kappa shape index (κ2) is 10.9. The minimum atomic E-state index is -0.635. The molecule has 1 aromatic carbocycles. The largest absolute Gasteiger partial charge is 0.460 e. The van der Waals surface area contributed by atoms with E-state index in [4.69, 9.17) is 9.47 Å². The van der Waals surface area contributed by atoms with Crippen molar-refractivity contribution >= 4 is 12.1 Å². The second-order valence-electron chi connectivity index (χ2n) is 6.62. The Morgan fingerprint density at radius 1 is 1.11 bits per heavy atom. The molecule has 0 aliphatic heterocycles. The lowest BCUT2D eigenvalue weighted by Gasteiger charge is -2.19. The fourth-order valence-corrected chi connectivity index (χ4v) is 1.70. The summed E-state index contributed by atoms with van der Waals surface area (Å²) in [5.74, 6) is -0.787. The first kappa shape index (κ1) is 22.1. The molecule has 2 aromatic rings. The van der Waals surface area contributed by atoms with Gasteiger partial charge in [0.05, 0.1) is 6.20 Å². The summed E-state index contributed by atoms with van der Waals surface area (Å²) in [5, 5.41) is 2.34. The molecule has 7 heteroatoms. The van der Waals surface area contributed by atoms with Crippen LogP contribution in [0.1, 0.15) is 32.0 Å². The number of nitrogens with one attached hydrogen (secondary N) is 1. The first-order valence-corrected chi connectivity index (χ1v) is 8.40. The van der Waals surface area contributed by atoms with E-state index < -0.39 is 17.7 Å². The number of aryl methyl sites for hydroxylation is 1. The van der Waals surface area contributed by atoms with Gasteiger partial charge in [-0.3, -0.25) is 9.78 Å². The molecule has 1 heterocycles. The van der Waals surface area contributed by atoms with Crippen molar-refractivity contribution in [1.82, 2.24) is 10.3 Å². The molecule has 0 aliphatic carbocycles. The Labute approximate surface area is 158 Å². The van der Waals surface area contributed by atoms with Crippen LogP contribution in [0.25, 0.3) is 0 Å². The molecule has 0 saturated heterocycles. The lowest BCUT2D eigenvalue weighted by molar-refractivity contribution is -0.143. The van der Waals surface area contributed by atoms with Crippen LogP contribution in [0, 0.1) is 12.7 Å². The normalized spacial score (nSPS) is 10.3. The number of benzene rings is 1. The predicted octanol–water partition coefficient (Wildman–Crippen LogP) is 3.78. The van der Waals surface area contributed by atoms with Gasteiger partial charge in [-0.1, -0.05) is 30.3 Å². The number of alkyl carbamates (subject to hydrolysis) is 1. The maximum Gasteiger partial charge on any atom is 0.408 e. The maximum absolute atomic E-state index is 12.0. The molecule has 0 bridgehead atoms. The summed E-state index contributed by atoms with van der Waals surface area (Å²) in [6, 6.07) is 12.3. The van der Waals surface area contributed by atoms with Gasteiger partial charge in [-0.15, -0.1) is 0 Å². The van der Waals surface area contributed by atoms with E-state index in [2.05, 4.69) is 10.3 Å². The van der Waals surface area contributed by atoms with Gasteiger partial charge < -0.3 is 14.8 Å². The summed E-state index contributed by atoms with van der Waals surface area (Å²) in [7, 11) is 0. The number of nitrogens with zero attached hydrogens (tertiary/aromatic N) is 1. The van der Waals surface area contributed by atoms with Crippen molar-refractivity contribution in [3.8, 4) is 0 Å². The molecular formula is C20H25FN2O4. The van der Waals surface area contributed by atoms with Crippen LogP contribution in [0.3, 0.4) is 0 Å². The summed E-state index contributed by atoms with van der Waals surface area (Å²) >= 11 is 0. The van der Waals surface area contributed by atoms with Crippen molar-refractivity contribution in [2.24, 2.45) is 0 Å². The Bertz CT molecular complexity index is 692.